The summed E-state index contributed by atoms with van der Waals surface area (Å²) < 4.78 is 4.97. The first-order valence-corrected chi connectivity index (χ1v) is 8.21. The summed E-state index contributed by atoms with van der Waals surface area (Å²) in [7, 11) is 0. The molecule has 1 N–H and O–H groups in total. The topological polar surface area (TPSA) is 38.3 Å². The molecule has 118 valence electrons. The monoisotopic (exact) mass is 291 g/mol. The van der Waals surface area contributed by atoms with Crippen molar-refractivity contribution in [3.63, 3.8) is 0 Å². The molecule has 0 bridgehead atoms. The van der Waals surface area contributed by atoms with E-state index in [1.807, 2.05) is 31.2 Å². The molecule has 0 saturated heterocycles. The van der Waals surface area contributed by atoms with Gasteiger partial charge in [-0.1, -0.05) is 39.0 Å². The largest absolute Gasteiger partial charge is 0.462 e. The molecule has 0 fully saturated rings. The summed E-state index contributed by atoms with van der Waals surface area (Å²) in [6.45, 7) is 6.67. The van der Waals surface area contributed by atoms with Crippen molar-refractivity contribution in [1.82, 2.24) is 0 Å². The highest BCUT2D eigenvalue weighted by Crippen LogP contribution is 2.14. The third-order valence-electron chi connectivity index (χ3n) is 3.55. The first-order chi connectivity index (χ1) is 10.2. The van der Waals surface area contributed by atoms with Crippen LogP contribution in [0.2, 0.25) is 0 Å². The molecular formula is C18H29NO2. The number of esters is 1. The minimum Gasteiger partial charge on any atom is -0.462 e. The average molecular weight is 291 g/mol. The fraction of sp³-hybridized carbons (Fsp3) is 0.611. The third-order valence-corrected chi connectivity index (χ3v) is 3.55. The second-order valence-electron chi connectivity index (χ2n) is 5.55. The summed E-state index contributed by atoms with van der Waals surface area (Å²) in [5.41, 5.74) is 1.67. The van der Waals surface area contributed by atoms with Crippen LogP contribution in [0.25, 0.3) is 0 Å². The number of carbonyl (C=O) groups is 1. The van der Waals surface area contributed by atoms with Crippen LogP contribution in [0.4, 0.5) is 5.69 Å². The molecule has 0 radical (unpaired) electrons. The number of unbranched alkanes of at least 4 members (excludes halogenated alkanes) is 4. The van der Waals surface area contributed by atoms with Crippen LogP contribution in [-0.4, -0.2) is 18.6 Å². The Morgan fingerprint density at radius 3 is 2.38 bits per heavy atom. The van der Waals surface area contributed by atoms with Crippen LogP contribution in [0.3, 0.4) is 0 Å². The minimum absolute atomic E-state index is 0.256. The second kappa shape index (κ2) is 10.3. The Balaban J connectivity index is 2.32. The van der Waals surface area contributed by atoms with E-state index in [0.29, 0.717) is 18.2 Å². The Kier molecular flexibility index (Phi) is 8.56. The number of carbonyl (C=O) groups excluding carboxylic acids is 1. The first-order valence-electron chi connectivity index (χ1n) is 8.21. The highest BCUT2D eigenvalue weighted by molar-refractivity contribution is 5.89. The van der Waals surface area contributed by atoms with Crippen molar-refractivity contribution in [2.75, 3.05) is 11.9 Å². The van der Waals surface area contributed by atoms with Crippen LogP contribution < -0.4 is 5.32 Å². The standard InChI is InChI=1S/C18H29NO2/c1-4-6-7-8-9-10-15(3)19-17-13-11-16(12-14-17)18(20)21-5-2/h11-15,19H,4-10H2,1-3H3. The van der Waals surface area contributed by atoms with E-state index >= 15 is 0 Å². The molecule has 1 atom stereocenters. The van der Waals surface area contributed by atoms with Gasteiger partial charge in [0.05, 0.1) is 12.2 Å². The van der Waals surface area contributed by atoms with Gasteiger partial charge in [0.1, 0.15) is 0 Å². The van der Waals surface area contributed by atoms with Gasteiger partial charge in [-0.2, -0.15) is 0 Å². The molecule has 0 aromatic heterocycles. The van der Waals surface area contributed by atoms with Crippen molar-refractivity contribution in [1.29, 1.82) is 0 Å². The molecule has 1 rings (SSSR count). The van der Waals surface area contributed by atoms with E-state index in [2.05, 4.69) is 19.2 Å². The average Bonchev–Trinajstić information content (AvgIpc) is 2.48. The van der Waals surface area contributed by atoms with Crippen LogP contribution in [0.1, 0.15) is 69.7 Å². The Bertz CT molecular complexity index is 400. The van der Waals surface area contributed by atoms with Gasteiger partial charge in [-0.05, 0) is 44.5 Å². The summed E-state index contributed by atoms with van der Waals surface area (Å²) in [6.07, 6.45) is 7.76. The lowest BCUT2D eigenvalue weighted by Crippen LogP contribution is -2.15. The number of nitrogens with one attached hydrogen (secondary N) is 1. The van der Waals surface area contributed by atoms with Crippen molar-refractivity contribution in [2.45, 2.75) is 65.3 Å². The number of rotatable bonds is 10. The summed E-state index contributed by atoms with van der Waals surface area (Å²) >= 11 is 0. The Hall–Kier alpha value is -1.51. The SMILES string of the molecule is CCCCCCCC(C)Nc1ccc(C(=O)OCC)cc1. The maximum atomic E-state index is 11.6. The number of hydrogen-bond donors (Lipinski definition) is 1. The maximum Gasteiger partial charge on any atom is 0.338 e. The van der Waals surface area contributed by atoms with Gasteiger partial charge < -0.3 is 10.1 Å². The number of anilines is 1. The van der Waals surface area contributed by atoms with Gasteiger partial charge in [0.2, 0.25) is 0 Å². The summed E-state index contributed by atoms with van der Waals surface area (Å²) in [5, 5.41) is 3.48. The van der Waals surface area contributed by atoms with Gasteiger partial charge >= 0.3 is 5.97 Å². The van der Waals surface area contributed by atoms with Crippen molar-refractivity contribution < 1.29 is 9.53 Å². The van der Waals surface area contributed by atoms with E-state index in [0.717, 1.165) is 5.69 Å². The fourth-order valence-corrected chi connectivity index (χ4v) is 2.33. The maximum absolute atomic E-state index is 11.6. The number of hydrogen-bond acceptors (Lipinski definition) is 3. The van der Waals surface area contributed by atoms with Crippen LogP contribution in [0.15, 0.2) is 24.3 Å². The van der Waals surface area contributed by atoms with Crippen LogP contribution in [0.5, 0.6) is 0 Å². The second-order valence-corrected chi connectivity index (χ2v) is 5.55. The van der Waals surface area contributed by atoms with Gasteiger partial charge in [0.15, 0.2) is 0 Å². The molecule has 0 aliphatic rings. The summed E-state index contributed by atoms with van der Waals surface area (Å²) in [6, 6.07) is 7.97. The summed E-state index contributed by atoms with van der Waals surface area (Å²) in [5.74, 6) is -0.256. The molecule has 0 heterocycles. The first kappa shape index (κ1) is 17.5. The van der Waals surface area contributed by atoms with Gasteiger partial charge in [-0.15, -0.1) is 0 Å². The molecule has 1 aromatic rings. The van der Waals surface area contributed by atoms with Crippen molar-refractivity contribution in [3.05, 3.63) is 29.8 Å². The van der Waals surface area contributed by atoms with Crippen molar-refractivity contribution in [2.24, 2.45) is 0 Å². The lowest BCUT2D eigenvalue weighted by atomic mass is 10.1. The lowest BCUT2D eigenvalue weighted by Gasteiger charge is -2.15. The Labute approximate surface area is 129 Å². The zero-order chi connectivity index (χ0) is 15.5. The van der Waals surface area contributed by atoms with E-state index in [4.69, 9.17) is 4.74 Å². The van der Waals surface area contributed by atoms with Gasteiger partial charge in [0.25, 0.3) is 0 Å². The molecule has 0 aliphatic heterocycles. The molecule has 3 heteroatoms. The Morgan fingerprint density at radius 1 is 1.10 bits per heavy atom. The highest BCUT2D eigenvalue weighted by Gasteiger charge is 2.06. The van der Waals surface area contributed by atoms with Crippen molar-refractivity contribution in [3.8, 4) is 0 Å². The minimum atomic E-state index is -0.256. The smallest absolute Gasteiger partial charge is 0.338 e. The molecule has 0 spiro atoms. The molecule has 3 nitrogen and oxygen atoms in total. The fourth-order valence-electron chi connectivity index (χ4n) is 2.33. The molecule has 21 heavy (non-hydrogen) atoms. The number of ether oxygens (including phenoxy) is 1. The highest BCUT2D eigenvalue weighted by atomic mass is 16.5. The van der Waals surface area contributed by atoms with Crippen LogP contribution >= 0.6 is 0 Å². The molecular weight excluding hydrogens is 262 g/mol. The van der Waals surface area contributed by atoms with E-state index in [1.54, 1.807) is 0 Å². The molecule has 0 amide bonds. The van der Waals surface area contributed by atoms with Crippen LogP contribution in [0, 0.1) is 0 Å². The Morgan fingerprint density at radius 2 is 1.76 bits per heavy atom. The van der Waals surface area contributed by atoms with E-state index in [-0.39, 0.29) is 5.97 Å². The molecule has 1 aromatic carbocycles. The van der Waals surface area contributed by atoms with E-state index < -0.39 is 0 Å². The zero-order valence-corrected chi connectivity index (χ0v) is 13.7. The van der Waals surface area contributed by atoms with Crippen LogP contribution in [-0.2, 0) is 4.74 Å². The zero-order valence-electron chi connectivity index (χ0n) is 13.7. The quantitative estimate of drug-likeness (QED) is 0.485. The predicted molar refractivity (Wildman–Crippen MR) is 88.9 cm³/mol. The van der Waals surface area contributed by atoms with Gasteiger partial charge in [0, 0.05) is 11.7 Å². The predicted octanol–water partition coefficient (Wildman–Crippen LogP) is 5.02. The van der Waals surface area contributed by atoms with Gasteiger partial charge in [-0.25, -0.2) is 4.79 Å². The molecule has 0 saturated carbocycles. The number of benzene rings is 1. The van der Waals surface area contributed by atoms with Crippen molar-refractivity contribution >= 4 is 11.7 Å². The summed E-state index contributed by atoms with van der Waals surface area (Å²) in [4.78, 5) is 11.6. The van der Waals surface area contributed by atoms with E-state index in [9.17, 15) is 4.79 Å². The third kappa shape index (κ3) is 7.16. The molecule has 0 aliphatic carbocycles. The van der Waals surface area contributed by atoms with Gasteiger partial charge in [-0.3, -0.25) is 0 Å². The lowest BCUT2D eigenvalue weighted by molar-refractivity contribution is 0.0526. The van der Waals surface area contributed by atoms with E-state index in [1.165, 1.54) is 38.5 Å². The molecule has 1 unspecified atom stereocenters. The normalized spacial score (nSPS) is 12.0.